The van der Waals surface area contributed by atoms with E-state index in [2.05, 4.69) is 10.3 Å². The Morgan fingerprint density at radius 1 is 1.73 bits per heavy atom. The number of nitriles is 1. The molecular weight excluding hydrogens is 158 g/mol. The van der Waals surface area contributed by atoms with Crippen LogP contribution in [-0.2, 0) is 0 Å². The number of rotatable bonds is 2. The van der Waals surface area contributed by atoms with E-state index in [4.69, 9.17) is 5.26 Å². The zero-order valence-corrected chi connectivity index (χ0v) is 6.69. The van der Waals surface area contributed by atoms with Crippen LogP contribution in [0.5, 0.6) is 0 Å². The van der Waals surface area contributed by atoms with Crippen molar-refractivity contribution >= 4 is 16.5 Å². The zero-order chi connectivity index (χ0) is 7.68. The number of nitrogens with one attached hydrogen (secondary N) is 1. The largest absolute Gasteiger partial charge is 0.268 e. The van der Waals surface area contributed by atoms with Gasteiger partial charge in [0, 0.05) is 11.3 Å². The first-order chi connectivity index (χ1) is 5.40. The molecule has 1 heterocycles. The van der Waals surface area contributed by atoms with E-state index in [1.807, 2.05) is 11.6 Å². The Morgan fingerprint density at radius 3 is 3.18 bits per heavy atom. The van der Waals surface area contributed by atoms with E-state index < -0.39 is 0 Å². The molecule has 0 radical (unpaired) electrons. The van der Waals surface area contributed by atoms with Gasteiger partial charge in [0.2, 0.25) is 0 Å². The van der Waals surface area contributed by atoms with Crippen molar-refractivity contribution in [2.75, 3.05) is 5.32 Å². The van der Waals surface area contributed by atoms with Gasteiger partial charge in [0.15, 0.2) is 11.3 Å². The third-order valence-corrected chi connectivity index (χ3v) is 2.46. The van der Waals surface area contributed by atoms with E-state index >= 15 is 0 Å². The van der Waals surface area contributed by atoms with Gasteiger partial charge in [-0.05, 0) is 12.8 Å². The number of anilines is 1. The van der Waals surface area contributed by atoms with Crippen molar-refractivity contribution in [2.24, 2.45) is 0 Å². The van der Waals surface area contributed by atoms with Crippen molar-refractivity contribution < 1.29 is 0 Å². The highest BCUT2D eigenvalue weighted by molar-refractivity contribution is 7.13. The molecule has 1 N–H and O–H groups in total. The minimum absolute atomic E-state index is 0.681. The molecule has 1 aliphatic rings. The van der Waals surface area contributed by atoms with Crippen molar-refractivity contribution in [1.29, 1.82) is 5.26 Å². The van der Waals surface area contributed by atoms with Crippen molar-refractivity contribution in [1.82, 2.24) is 4.98 Å². The van der Waals surface area contributed by atoms with E-state index in [1.165, 1.54) is 24.2 Å². The summed E-state index contributed by atoms with van der Waals surface area (Å²) in [5.74, 6) is 0.681. The molecule has 0 unspecified atom stereocenters. The van der Waals surface area contributed by atoms with Gasteiger partial charge in [-0.25, -0.2) is 4.98 Å². The van der Waals surface area contributed by atoms with E-state index in [0.29, 0.717) is 5.92 Å². The van der Waals surface area contributed by atoms with Crippen LogP contribution < -0.4 is 5.32 Å². The summed E-state index contributed by atoms with van der Waals surface area (Å²) in [4.78, 5) is 4.25. The van der Waals surface area contributed by atoms with Crippen molar-refractivity contribution in [3.8, 4) is 6.19 Å². The van der Waals surface area contributed by atoms with Crippen LogP contribution >= 0.6 is 11.3 Å². The molecular formula is C7H7N3S. The summed E-state index contributed by atoms with van der Waals surface area (Å²) < 4.78 is 0. The molecule has 0 bridgehead atoms. The molecule has 3 nitrogen and oxygen atoms in total. The first-order valence-electron chi connectivity index (χ1n) is 3.50. The van der Waals surface area contributed by atoms with Gasteiger partial charge in [-0.15, -0.1) is 11.3 Å². The predicted octanol–water partition coefficient (Wildman–Crippen LogP) is 1.91. The average Bonchev–Trinajstić information content (AvgIpc) is 2.75. The van der Waals surface area contributed by atoms with Gasteiger partial charge in [-0.2, -0.15) is 5.26 Å². The fourth-order valence-corrected chi connectivity index (χ4v) is 1.70. The van der Waals surface area contributed by atoms with Gasteiger partial charge in [-0.3, -0.25) is 5.32 Å². The topological polar surface area (TPSA) is 48.7 Å². The Kier molecular flexibility index (Phi) is 1.51. The fraction of sp³-hybridized carbons (Fsp3) is 0.429. The van der Waals surface area contributed by atoms with Crippen LogP contribution in [0.4, 0.5) is 5.13 Å². The Bertz CT molecular complexity index is 295. The number of thiazole rings is 1. The highest BCUT2D eigenvalue weighted by Crippen LogP contribution is 2.40. The summed E-state index contributed by atoms with van der Waals surface area (Å²) in [7, 11) is 0. The van der Waals surface area contributed by atoms with Crippen LogP contribution in [0.1, 0.15) is 24.5 Å². The Balaban J connectivity index is 2.13. The molecule has 0 saturated heterocycles. The highest BCUT2D eigenvalue weighted by atomic mass is 32.1. The van der Waals surface area contributed by atoms with Crippen LogP contribution in [0, 0.1) is 11.5 Å². The van der Waals surface area contributed by atoms with Crippen molar-refractivity contribution in [2.45, 2.75) is 18.8 Å². The van der Waals surface area contributed by atoms with Gasteiger partial charge in [0.25, 0.3) is 0 Å². The van der Waals surface area contributed by atoms with Gasteiger partial charge in [-0.1, -0.05) is 0 Å². The maximum atomic E-state index is 8.29. The molecule has 56 valence electrons. The third-order valence-electron chi connectivity index (χ3n) is 1.68. The quantitative estimate of drug-likeness (QED) is 0.538. The summed E-state index contributed by atoms with van der Waals surface area (Å²) in [6.45, 7) is 0. The lowest BCUT2D eigenvalue weighted by molar-refractivity contribution is 1.05. The van der Waals surface area contributed by atoms with E-state index in [-0.39, 0.29) is 0 Å². The molecule has 1 fully saturated rings. The monoisotopic (exact) mass is 165 g/mol. The average molecular weight is 165 g/mol. The lowest BCUT2D eigenvalue weighted by Crippen LogP contribution is -1.86. The molecule has 1 saturated carbocycles. The van der Waals surface area contributed by atoms with Crippen LogP contribution in [0.2, 0.25) is 0 Å². The van der Waals surface area contributed by atoms with Gasteiger partial charge in [0.1, 0.15) is 0 Å². The number of hydrogen-bond donors (Lipinski definition) is 1. The first kappa shape index (κ1) is 6.62. The Labute approximate surface area is 68.7 Å². The highest BCUT2D eigenvalue weighted by Gasteiger charge is 2.25. The second-order valence-corrected chi connectivity index (χ2v) is 3.45. The molecule has 1 aromatic heterocycles. The maximum absolute atomic E-state index is 8.29. The van der Waals surface area contributed by atoms with Crippen LogP contribution in [0.3, 0.4) is 0 Å². The summed E-state index contributed by atoms with van der Waals surface area (Å²) >= 11 is 1.50. The summed E-state index contributed by atoms with van der Waals surface area (Å²) in [5.41, 5.74) is 1.15. The van der Waals surface area contributed by atoms with Gasteiger partial charge >= 0.3 is 0 Å². The van der Waals surface area contributed by atoms with E-state index in [1.54, 1.807) is 0 Å². The van der Waals surface area contributed by atoms with E-state index in [9.17, 15) is 0 Å². The standard InChI is InChI=1S/C7H7N3S/c8-4-9-7-10-6(3-11-7)5-1-2-5/h3,5H,1-2H2,(H,9,10). The second kappa shape index (κ2) is 2.51. The van der Waals surface area contributed by atoms with Crippen LogP contribution in [0.15, 0.2) is 5.38 Å². The number of nitrogens with zero attached hydrogens (tertiary/aromatic N) is 2. The molecule has 4 heteroatoms. The van der Waals surface area contributed by atoms with Crippen LogP contribution in [0.25, 0.3) is 0 Å². The minimum Gasteiger partial charge on any atom is -0.268 e. The second-order valence-electron chi connectivity index (χ2n) is 2.59. The van der Waals surface area contributed by atoms with Gasteiger partial charge < -0.3 is 0 Å². The minimum atomic E-state index is 0.681. The molecule has 0 spiro atoms. The molecule has 0 atom stereocenters. The lowest BCUT2D eigenvalue weighted by atomic mass is 10.3. The van der Waals surface area contributed by atoms with Crippen LogP contribution in [-0.4, -0.2) is 4.98 Å². The Hall–Kier alpha value is -1.08. The summed E-state index contributed by atoms with van der Waals surface area (Å²) in [5, 5.41) is 13.6. The SMILES string of the molecule is N#CNc1nc(C2CC2)cs1. The number of aromatic nitrogens is 1. The third kappa shape index (κ3) is 1.33. The van der Waals surface area contributed by atoms with Crippen molar-refractivity contribution in [3.05, 3.63) is 11.1 Å². The molecule has 0 aromatic carbocycles. The molecule has 2 rings (SSSR count). The normalized spacial score (nSPS) is 15.9. The Morgan fingerprint density at radius 2 is 2.55 bits per heavy atom. The molecule has 1 aliphatic carbocycles. The molecule has 11 heavy (non-hydrogen) atoms. The van der Waals surface area contributed by atoms with Crippen molar-refractivity contribution in [3.63, 3.8) is 0 Å². The molecule has 1 aromatic rings. The summed E-state index contributed by atoms with van der Waals surface area (Å²) in [6, 6.07) is 0. The van der Waals surface area contributed by atoms with Gasteiger partial charge in [0.05, 0.1) is 5.69 Å². The first-order valence-corrected chi connectivity index (χ1v) is 4.38. The van der Waals surface area contributed by atoms with E-state index in [0.717, 1.165) is 10.8 Å². The number of hydrogen-bond acceptors (Lipinski definition) is 4. The summed E-state index contributed by atoms with van der Waals surface area (Å²) in [6.07, 6.45) is 4.37. The lowest BCUT2D eigenvalue weighted by Gasteiger charge is -1.86. The molecule has 0 amide bonds. The predicted molar refractivity (Wildman–Crippen MR) is 43.3 cm³/mol. The zero-order valence-electron chi connectivity index (χ0n) is 5.87. The fourth-order valence-electron chi connectivity index (χ4n) is 0.958. The maximum Gasteiger partial charge on any atom is 0.196 e. The molecule has 0 aliphatic heterocycles. The smallest absolute Gasteiger partial charge is 0.196 e.